The molecule has 1 saturated heterocycles. The second-order valence-corrected chi connectivity index (χ2v) is 2.99. The van der Waals surface area contributed by atoms with Gasteiger partial charge in [0.25, 0.3) is 0 Å². The minimum atomic E-state index is 0.911. The topological polar surface area (TPSA) is 37.8 Å². The second kappa shape index (κ2) is 2.21. The third kappa shape index (κ3) is 1.12. The zero-order chi connectivity index (χ0) is 6.97. The molecule has 0 radical (unpaired) electrons. The van der Waals surface area contributed by atoms with E-state index in [1.54, 1.807) is 6.20 Å². The van der Waals surface area contributed by atoms with Gasteiger partial charge >= 0.3 is 0 Å². The molecule has 0 aliphatic carbocycles. The van der Waals surface area contributed by atoms with Crippen LogP contribution in [-0.2, 0) is 0 Å². The first-order valence-corrected chi connectivity index (χ1v) is 3.78. The quantitative estimate of drug-likeness (QED) is 0.690. The van der Waals surface area contributed by atoms with Crippen molar-refractivity contribution < 1.29 is 0 Å². The number of nitrogens with zero attached hydrogens (tertiary/aromatic N) is 2. The molecule has 1 aliphatic rings. The third-order valence-corrected chi connectivity index (χ3v) is 1.77. The summed E-state index contributed by atoms with van der Waals surface area (Å²) in [6.45, 7) is 0.911. The Morgan fingerprint density at radius 2 is 2.40 bits per heavy atom. The number of hydrazine groups is 1. The molecule has 4 heteroatoms. The number of halogens is 1. The highest BCUT2D eigenvalue weighted by Gasteiger charge is 2.17. The van der Waals surface area contributed by atoms with Crippen LogP contribution < -0.4 is 10.4 Å². The van der Waals surface area contributed by atoms with Crippen LogP contribution in [-0.4, -0.2) is 11.7 Å². The van der Waals surface area contributed by atoms with Crippen LogP contribution in [0.25, 0.3) is 0 Å². The third-order valence-electron chi connectivity index (χ3n) is 1.30. The van der Waals surface area contributed by atoms with Crippen LogP contribution in [0.4, 0.5) is 5.82 Å². The van der Waals surface area contributed by atoms with Gasteiger partial charge in [0.05, 0.1) is 0 Å². The SMILES string of the molecule is Brc1ccc(N2CN2)nc1. The Bertz CT molecular complexity index is 229. The van der Waals surface area contributed by atoms with E-state index in [1.165, 1.54) is 0 Å². The van der Waals surface area contributed by atoms with E-state index in [0.717, 1.165) is 17.0 Å². The molecule has 0 bridgehead atoms. The summed E-state index contributed by atoms with van der Waals surface area (Å²) in [5, 5.41) is 1.96. The number of rotatable bonds is 1. The number of nitrogens with one attached hydrogen (secondary N) is 1. The van der Waals surface area contributed by atoms with Crippen molar-refractivity contribution in [1.82, 2.24) is 10.4 Å². The number of aromatic nitrogens is 1. The molecule has 1 N–H and O–H groups in total. The van der Waals surface area contributed by atoms with E-state index >= 15 is 0 Å². The Hall–Kier alpha value is -0.610. The van der Waals surface area contributed by atoms with Gasteiger partial charge in [0, 0.05) is 10.7 Å². The average molecular weight is 200 g/mol. The number of pyridine rings is 1. The van der Waals surface area contributed by atoms with Crippen molar-refractivity contribution in [3.05, 3.63) is 22.8 Å². The van der Waals surface area contributed by atoms with E-state index in [1.807, 2.05) is 17.1 Å². The van der Waals surface area contributed by atoms with Crippen LogP contribution in [0, 0.1) is 0 Å². The first-order valence-electron chi connectivity index (χ1n) is 2.99. The molecular formula is C6H6BrN3. The second-order valence-electron chi connectivity index (χ2n) is 2.08. The Labute approximate surface area is 67.2 Å². The molecule has 2 heterocycles. The van der Waals surface area contributed by atoms with Crippen molar-refractivity contribution in [2.45, 2.75) is 0 Å². The van der Waals surface area contributed by atoms with Gasteiger partial charge in [-0.3, -0.25) is 5.01 Å². The maximum Gasteiger partial charge on any atom is 0.144 e. The lowest BCUT2D eigenvalue weighted by Crippen LogP contribution is -1.97. The molecular weight excluding hydrogens is 194 g/mol. The summed E-state index contributed by atoms with van der Waals surface area (Å²) in [4.78, 5) is 4.16. The minimum Gasteiger partial charge on any atom is -0.274 e. The summed E-state index contributed by atoms with van der Waals surface area (Å²) < 4.78 is 1.01. The van der Waals surface area contributed by atoms with E-state index < -0.39 is 0 Å². The summed E-state index contributed by atoms with van der Waals surface area (Å²) in [5.74, 6) is 0.975. The highest BCUT2D eigenvalue weighted by Crippen LogP contribution is 2.15. The molecule has 1 aliphatic heterocycles. The van der Waals surface area contributed by atoms with Gasteiger partial charge in [-0.1, -0.05) is 0 Å². The van der Waals surface area contributed by atoms with Crippen molar-refractivity contribution >= 4 is 21.7 Å². The Balaban J connectivity index is 2.28. The Kier molecular flexibility index (Phi) is 1.35. The minimum absolute atomic E-state index is 0.911. The highest BCUT2D eigenvalue weighted by molar-refractivity contribution is 9.10. The van der Waals surface area contributed by atoms with E-state index in [0.29, 0.717) is 0 Å². The molecule has 0 atom stereocenters. The normalized spacial score (nSPS) is 15.5. The maximum atomic E-state index is 4.16. The Morgan fingerprint density at radius 3 is 2.90 bits per heavy atom. The fraction of sp³-hybridized carbons (Fsp3) is 0.167. The van der Waals surface area contributed by atoms with Gasteiger partial charge in [-0.05, 0) is 28.1 Å². The predicted molar refractivity (Wildman–Crippen MR) is 42.4 cm³/mol. The smallest absolute Gasteiger partial charge is 0.144 e. The van der Waals surface area contributed by atoms with Crippen molar-refractivity contribution in [1.29, 1.82) is 0 Å². The zero-order valence-corrected chi connectivity index (χ0v) is 6.80. The molecule has 0 spiro atoms. The van der Waals surface area contributed by atoms with Gasteiger partial charge in [0.1, 0.15) is 12.5 Å². The number of hydrogen-bond donors (Lipinski definition) is 1. The predicted octanol–water partition coefficient (Wildman–Crippen LogP) is 1.13. The van der Waals surface area contributed by atoms with Crippen LogP contribution in [0.15, 0.2) is 22.8 Å². The molecule has 0 unspecified atom stereocenters. The largest absolute Gasteiger partial charge is 0.274 e. The lowest BCUT2D eigenvalue weighted by atomic mass is 10.5. The van der Waals surface area contributed by atoms with Crippen molar-refractivity contribution in [3.63, 3.8) is 0 Å². The summed E-state index contributed by atoms with van der Waals surface area (Å²) in [6.07, 6.45) is 1.79. The summed E-state index contributed by atoms with van der Waals surface area (Å²) >= 11 is 3.31. The van der Waals surface area contributed by atoms with E-state index in [9.17, 15) is 0 Å². The molecule has 1 aromatic rings. The Morgan fingerprint density at radius 1 is 1.60 bits per heavy atom. The van der Waals surface area contributed by atoms with Crippen molar-refractivity contribution in [2.24, 2.45) is 0 Å². The van der Waals surface area contributed by atoms with Crippen LogP contribution in [0.5, 0.6) is 0 Å². The van der Waals surface area contributed by atoms with Gasteiger partial charge in [-0.25, -0.2) is 10.4 Å². The van der Waals surface area contributed by atoms with Gasteiger partial charge in [0.15, 0.2) is 0 Å². The lowest BCUT2D eigenvalue weighted by Gasteiger charge is -1.96. The first kappa shape index (κ1) is 6.12. The standard InChI is InChI=1S/C6H6BrN3/c7-5-1-2-6(8-3-5)10-4-9-10/h1-3,9H,4H2. The zero-order valence-electron chi connectivity index (χ0n) is 5.21. The fourth-order valence-corrected chi connectivity index (χ4v) is 0.960. The molecule has 0 aromatic carbocycles. The fourth-order valence-electron chi connectivity index (χ4n) is 0.725. The number of hydrogen-bond acceptors (Lipinski definition) is 3. The molecule has 52 valence electrons. The summed E-state index contributed by atoms with van der Waals surface area (Å²) in [6, 6.07) is 3.94. The summed E-state index contributed by atoms with van der Waals surface area (Å²) in [5.41, 5.74) is 3.03. The van der Waals surface area contributed by atoms with E-state index in [-0.39, 0.29) is 0 Å². The molecule has 0 amide bonds. The molecule has 1 aromatic heterocycles. The molecule has 3 nitrogen and oxygen atoms in total. The molecule has 10 heavy (non-hydrogen) atoms. The van der Waals surface area contributed by atoms with Gasteiger partial charge in [0.2, 0.25) is 0 Å². The summed E-state index contributed by atoms with van der Waals surface area (Å²) in [7, 11) is 0. The van der Waals surface area contributed by atoms with Crippen LogP contribution >= 0.6 is 15.9 Å². The molecule has 1 fully saturated rings. The van der Waals surface area contributed by atoms with Crippen LogP contribution in [0.3, 0.4) is 0 Å². The molecule has 0 saturated carbocycles. The van der Waals surface area contributed by atoms with Gasteiger partial charge < -0.3 is 0 Å². The van der Waals surface area contributed by atoms with Crippen LogP contribution in [0.1, 0.15) is 0 Å². The average Bonchev–Trinajstić information content (AvgIpc) is 2.71. The first-order chi connectivity index (χ1) is 4.86. The van der Waals surface area contributed by atoms with E-state index in [4.69, 9.17) is 0 Å². The lowest BCUT2D eigenvalue weighted by molar-refractivity contribution is 1.16. The maximum absolute atomic E-state index is 4.16. The highest BCUT2D eigenvalue weighted by atomic mass is 79.9. The van der Waals surface area contributed by atoms with Crippen molar-refractivity contribution in [2.75, 3.05) is 11.7 Å². The number of anilines is 1. The van der Waals surface area contributed by atoms with Gasteiger partial charge in [-0.2, -0.15) is 0 Å². The van der Waals surface area contributed by atoms with Gasteiger partial charge in [-0.15, -0.1) is 0 Å². The van der Waals surface area contributed by atoms with Crippen LogP contribution in [0.2, 0.25) is 0 Å². The van der Waals surface area contributed by atoms with E-state index in [2.05, 4.69) is 26.3 Å². The van der Waals surface area contributed by atoms with Crippen molar-refractivity contribution in [3.8, 4) is 0 Å². The monoisotopic (exact) mass is 199 g/mol. The molecule has 2 rings (SSSR count).